The number of aromatic nitrogens is 2. The molecule has 0 bridgehead atoms. The van der Waals surface area contributed by atoms with Crippen molar-refractivity contribution in [2.75, 3.05) is 20.8 Å². The minimum atomic E-state index is -0.374. The van der Waals surface area contributed by atoms with E-state index in [9.17, 15) is 4.79 Å². The molecule has 0 spiro atoms. The van der Waals surface area contributed by atoms with Crippen LogP contribution in [0.5, 0.6) is 11.5 Å². The number of fused-ring (bicyclic) bond motifs is 1. The SMILES string of the molecule is COc1ccc(/C=C/c2[nH]nc3ccc(C(=O)NCC#N)c(OC)c23)cc1. The molecule has 1 amide bonds. The smallest absolute Gasteiger partial charge is 0.255 e. The van der Waals surface area contributed by atoms with Crippen molar-refractivity contribution in [2.45, 2.75) is 0 Å². The molecule has 0 aliphatic rings. The van der Waals surface area contributed by atoms with Crippen molar-refractivity contribution in [3.63, 3.8) is 0 Å². The molecule has 0 fully saturated rings. The van der Waals surface area contributed by atoms with Gasteiger partial charge < -0.3 is 14.8 Å². The number of carbonyl (C=O) groups excluding carboxylic acids is 1. The van der Waals surface area contributed by atoms with Crippen molar-refractivity contribution in [3.05, 3.63) is 53.2 Å². The molecule has 27 heavy (non-hydrogen) atoms. The molecular weight excluding hydrogens is 344 g/mol. The molecule has 0 radical (unpaired) electrons. The first kappa shape index (κ1) is 18.0. The maximum atomic E-state index is 12.3. The van der Waals surface area contributed by atoms with Crippen molar-refractivity contribution in [2.24, 2.45) is 0 Å². The Morgan fingerprint density at radius 1 is 1.19 bits per heavy atom. The summed E-state index contributed by atoms with van der Waals surface area (Å²) in [4.78, 5) is 12.3. The Labute approximate surface area is 156 Å². The number of ether oxygens (including phenoxy) is 2. The number of aromatic amines is 1. The normalized spacial score (nSPS) is 10.7. The summed E-state index contributed by atoms with van der Waals surface area (Å²) in [5.74, 6) is 0.821. The minimum Gasteiger partial charge on any atom is -0.497 e. The van der Waals surface area contributed by atoms with E-state index in [1.165, 1.54) is 7.11 Å². The van der Waals surface area contributed by atoms with E-state index in [2.05, 4.69) is 15.5 Å². The lowest BCUT2D eigenvalue weighted by Crippen LogP contribution is -2.24. The highest BCUT2D eigenvalue weighted by atomic mass is 16.5. The molecule has 0 unspecified atom stereocenters. The Morgan fingerprint density at radius 3 is 2.63 bits per heavy atom. The maximum absolute atomic E-state index is 12.3. The fourth-order valence-corrected chi connectivity index (χ4v) is 2.72. The fraction of sp³-hybridized carbons (Fsp3) is 0.150. The third-order valence-electron chi connectivity index (χ3n) is 4.04. The second kappa shape index (κ2) is 8.06. The first-order valence-corrected chi connectivity index (χ1v) is 8.20. The van der Waals surface area contributed by atoms with Gasteiger partial charge in [-0.1, -0.05) is 18.2 Å². The maximum Gasteiger partial charge on any atom is 0.255 e. The Balaban J connectivity index is 1.99. The molecule has 1 aromatic heterocycles. The molecule has 2 N–H and O–H groups in total. The largest absolute Gasteiger partial charge is 0.497 e. The van der Waals surface area contributed by atoms with Crippen LogP contribution in [0.15, 0.2) is 36.4 Å². The lowest BCUT2D eigenvalue weighted by Gasteiger charge is -2.09. The number of carbonyl (C=O) groups is 1. The van der Waals surface area contributed by atoms with Gasteiger partial charge in [0.25, 0.3) is 5.91 Å². The summed E-state index contributed by atoms with van der Waals surface area (Å²) in [6.45, 7) is -0.0738. The van der Waals surface area contributed by atoms with Crippen LogP contribution < -0.4 is 14.8 Å². The average molecular weight is 362 g/mol. The first-order valence-electron chi connectivity index (χ1n) is 8.20. The highest BCUT2D eigenvalue weighted by molar-refractivity contribution is 6.05. The zero-order valence-corrected chi connectivity index (χ0v) is 14.9. The van der Waals surface area contributed by atoms with Gasteiger partial charge >= 0.3 is 0 Å². The second-order valence-corrected chi connectivity index (χ2v) is 5.63. The van der Waals surface area contributed by atoms with Crippen molar-refractivity contribution in [1.82, 2.24) is 15.5 Å². The van der Waals surface area contributed by atoms with Crippen LogP contribution in [0.1, 0.15) is 21.6 Å². The number of nitriles is 1. The van der Waals surface area contributed by atoms with Crippen molar-refractivity contribution in [3.8, 4) is 17.6 Å². The second-order valence-electron chi connectivity index (χ2n) is 5.63. The molecule has 2 aromatic carbocycles. The van der Waals surface area contributed by atoms with E-state index in [-0.39, 0.29) is 12.5 Å². The van der Waals surface area contributed by atoms with Crippen LogP contribution in [-0.4, -0.2) is 36.9 Å². The highest BCUT2D eigenvalue weighted by Crippen LogP contribution is 2.32. The zero-order chi connectivity index (χ0) is 19.2. The lowest BCUT2D eigenvalue weighted by atomic mass is 10.1. The van der Waals surface area contributed by atoms with Gasteiger partial charge in [0, 0.05) is 0 Å². The molecule has 1 heterocycles. The lowest BCUT2D eigenvalue weighted by molar-refractivity contribution is 0.0955. The van der Waals surface area contributed by atoms with Gasteiger partial charge in [0.1, 0.15) is 18.0 Å². The van der Waals surface area contributed by atoms with Gasteiger partial charge in [-0.05, 0) is 35.9 Å². The van der Waals surface area contributed by atoms with Gasteiger partial charge in [-0.15, -0.1) is 0 Å². The third kappa shape index (κ3) is 3.75. The molecule has 0 aliphatic carbocycles. The minimum absolute atomic E-state index is 0.0738. The van der Waals surface area contributed by atoms with Crippen LogP contribution in [0.25, 0.3) is 23.1 Å². The molecule has 7 nitrogen and oxygen atoms in total. The fourth-order valence-electron chi connectivity index (χ4n) is 2.72. The van der Waals surface area contributed by atoms with Crippen LogP contribution in [-0.2, 0) is 0 Å². The molecule has 0 aliphatic heterocycles. The summed E-state index contributed by atoms with van der Waals surface area (Å²) in [6.07, 6.45) is 3.80. The monoisotopic (exact) mass is 362 g/mol. The predicted molar refractivity (Wildman–Crippen MR) is 103 cm³/mol. The Morgan fingerprint density at radius 2 is 1.96 bits per heavy atom. The van der Waals surface area contributed by atoms with Crippen LogP contribution in [0.4, 0.5) is 0 Å². The third-order valence-corrected chi connectivity index (χ3v) is 4.04. The summed E-state index contributed by atoms with van der Waals surface area (Å²) in [6, 6.07) is 12.9. The Kier molecular flexibility index (Phi) is 5.38. The van der Waals surface area contributed by atoms with Crippen molar-refractivity contribution >= 4 is 29.0 Å². The molecule has 7 heteroatoms. The van der Waals surface area contributed by atoms with E-state index in [0.717, 1.165) is 11.3 Å². The molecule has 136 valence electrons. The van der Waals surface area contributed by atoms with Crippen molar-refractivity contribution < 1.29 is 14.3 Å². The van der Waals surface area contributed by atoms with Gasteiger partial charge in [-0.25, -0.2) is 0 Å². The predicted octanol–water partition coefficient (Wildman–Crippen LogP) is 3.00. The number of nitrogens with zero attached hydrogens (tertiary/aromatic N) is 2. The van der Waals surface area contributed by atoms with E-state index in [1.807, 2.05) is 42.5 Å². The van der Waals surface area contributed by atoms with Crippen LogP contribution >= 0.6 is 0 Å². The van der Waals surface area contributed by atoms with Gasteiger partial charge in [0.2, 0.25) is 0 Å². The summed E-state index contributed by atoms with van der Waals surface area (Å²) < 4.78 is 10.6. The number of rotatable bonds is 6. The van der Waals surface area contributed by atoms with Gasteiger partial charge in [0.15, 0.2) is 0 Å². The van der Waals surface area contributed by atoms with E-state index in [1.54, 1.807) is 19.2 Å². The number of nitrogens with one attached hydrogen (secondary N) is 2. The quantitative estimate of drug-likeness (QED) is 0.657. The molecule has 0 atom stereocenters. The summed E-state index contributed by atoms with van der Waals surface area (Å²) in [7, 11) is 3.12. The molecule has 0 saturated heterocycles. The highest BCUT2D eigenvalue weighted by Gasteiger charge is 2.18. The van der Waals surface area contributed by atoms with Gasteiger partial charge in [-0.2, -0.15) is 10.4 Å². The standard InChI is InChI=1S/C20H18N4O3/c1-26-14-6-3-13(4-7-14)5-9-16-18-17(24-23-16)10-8-15(19(18)27-2)20(25)22-12-11-21/h3-10H,12H2,1-2H3,(H,22,25)(H,23,24)/b9-5+. The number of hydrogen-bond donors (Lipinski definition) is 2. The Hall–Kier alpha value is -3.79. The Bertz CT molecular complexity index is 1030. The van der Waals surface area contributed by atoms with Crippen LogP contribution in [0.2, 0.25) is 0 Å². The number of H-pyrrole nitrogens is 1. The number of benzene rings is 2. The van der Waals surface area contributed by atoms with E-state index in [0.29, 0.717) is 27.9 Å². The first-order chi connectivity index (χ1) is 13.2. The number of amides is 1. The average Bonchev–Trinajstić information content (AvgIpc) is 3.13. The summed E-state index contributed by atoms with van der Waals surface area (Å²) in [5, 5.41) is 19.1. The van der Waals surface area contributed by atoms with Gasteiger partial charge in [-0.3, -0.25) is 9.89 Å². The molecule has 3 rings (SSSR count). The topological polar surface area (TPSA) is 100 Å². The summed E-state index contributed by atoms with van der Waals surface area (Å²) >= 11 is 0. The molecule has 3 aromatic rings. The van der Waals surface area contributed by atoms with E-state index in [4.69, 9.17) is 14.7 Å². The van der Waals surface area contributed by atoms with Gasteiger partial charge in [0.05, 0.1) is 42.4 Å². The van der Waals surface area contributed by atoms with Crippen molar-refractivity contribution in [1.29, 1.82) is 5.26 Å². The zero-order valence-electron chi connectivity index (χ0n) is 14.9. The number of methoxy groups -OCH3 is 2. The van der Waals surface area contributed by atoms with E-state index < -0.39 is 0 Å². The molecular formula is C20H18N4O3. The van der Waals surface area contributed by atoms with E-state index >= 15 is 0 Å². The molecule has 0 saturated carbocycles. The van der Waals surface area contributed by atoms with Crippen LogP contribution in [0.3, 0.4) is 0 Å². The van der Waals surface area contributed by atoms with Crippen LogP contribution in [0, 0.1) is 11.3 Å². The number of hydrogen-bond acceptors (Lipinski definition) is 5. The summed E-state index contributed by atoms with van der Waals surface area (Å²) in [5.41, 5.74) is 2.73.